The lowest BCUT2D eigenvalue weighted by Crippen LogP contribution is -2.48. The molecule has 1 aliphatic rings. The summed E-state index contributed by atoms with van der Waals surface area (Å²) >= 11 is 6.29. The first-order valence-electron chi connectivity index (χ1n) is 11.7. The third kappa shape index (κ3) is 5.13. The number of pyridine rings is 1. The smallest absolute Gasteiger partial charge is 0.174 e. The minimum absolute atomic E-state index is 0.146. The molecular weight excluding hydrogens is 462 g/mol. The van der Waals surface area contributed by atoms with Gasteiger partial charge in [-0.1, -0.05) is 35.9 Å². The number of piperazine rings is 1. The number of tetrazole rings is 1. The van der Waals surface area contributed by atoms with Gasteiger partial charge in [0.05, 0.1) is 19.3 Å². The molecule has 0 saturated carbocycles. The van der Waals surface area contributed by atoms with Crippen molar-refractivity contribution in [3.8, 4) is 5.75 Å². The van der Waals surface area contributed by atoms with Crippen molar-refractivity contribution in [3.63, 3.8) is 0 Å². The van der Waals surface area contributed by atoms with E-state index < -0.39 is 0 Å². The van der Waals surface area contributed by atoms with Gasteiger partial charge in [0.1, 0.15) is 11.8 Å². The van der Waals surface area contributed by atoms with Crippen LogP contribution in [-0.2, 0) is 6.54 Å². The lowest BCUT2D eigenvalue weighted by molar-refractivity contribution is 0.198. The van der Waals surface area contributed by atoms with Crippen LogP contribution in [0.3, 0.4) is 0 Å². The van der Waals surface area contributed by atoms with E-state index in [2.05, 4.69) is 49.4 Å². The van der Waals surface area contributed by atoms with Gasteiger partial charge in [0.15, 0.2) is 5.82 Å². The molecule has 0 amide bonds. The maximum absolute atomic E-state index is 6.29. The number of nitrogens with zero attached hydrogens (tertiary/aromatic N) is 7. The van der Waals surface area contributed by atoms with Gasteiger partial charge in [0.2, 0.25) is 0 Å². The standard InChI is InChI=1S/C26H28ClN7O/c1-19-6-9-21(27)17-24(19)32-13-15-33(16-14-32)25(23-5-3-4-12-28-23)26-29-30-31-34(26)18-20-7-10-22(35-2)11-8-20/h3-12,17,25H,13-16,18H2,1-2H3/t25-/m1/s1. The number of rotatable bonds is 7. The van der Waals surface area contributed by atoms with Crippen LogP contribution < -0.4 is 9.64 Å². The van der Waals surface area contributed by atoms with Crippen molar-refractivity contribution >= 4 is 17.3 Å². The molecule has 2 aromatic carbocycles. The third-order valence-electron chi connectivity index (χ3n) is 6.45. The third-order valence-corrected chi connectivity index (χ3v) is 6.69. The van der Waals surface area contributed by atoms with E-state index in [4.69, 9.17) is 16.3 Å². The van der Waals surface area contributed by atoms with Crippen LogP contribution >= 0.6 is 11.6 Å². The minimum Gasteiger partial charge on any atom is -0.497 e. The molecule has 0 bridgehead atoms. The van der Waals surface area contributed by atoms with Gasteiger partial charge in [0, 0.05) is 43.1 Å². The number of ether oxygens (including phenoxy) is 1. The molecule has 8 nitrogen and oxygen atoms in total. The molecule has 35 heavy (non-hydrogen) atoms. The highest BCUT2D eigenvalue weighted by Gasteiger charge is 2.32. The second kappa shape index (κ2) is 10.4. The zero-order chi connectivity index (χ0) is 24.2. The monoisotopic (exact) mass is 489 g/mol. The second-order valence-electron chi connectivity index (χ2n) is 8.65. The Morgan fingerprint density at radius 1 is 1.00 bits per heavy atom. The average molecular weight is 490 g/mol. The van der Waals surface area contributed by atoms with E-state index in [1.54, 1.807) is 7.11 Å². The topological polar surface area (TPSA) is 72.2 Å². The minimum atomic E-state index is -0.146. The van der Waals surface area contributed by atoms with E-state index in [-0.39, 0.29) is 6.04 Å². The second-order valence-corrected chi connectivity index (χ2v) is 9.09. The van der Waals surface area contributed by atoms with Gasteiger partial charge in [-0.25, -0.2) is 4.68 Å². The molecule has 1 aliphatic heterocycles. The lowest BCUT2D eigenvalue weighted by Gasteiger charge is -2.40. The largest absolute Gasteiger partial charge is 0.497 e. The zero-order valence-electron chi connectivity index (χ0n) is 19.9. The van der Waals surface area contributed by atoms with Gasteiger partial charge in [-0.05, 0) is 64.9 Å². The molecule has 3 heterocycles. The molecule has 0 unspecified atom stereocenters. The van der Waals surface area contributed by atoms with Crippen molar-refractivity contribution in [2.24, 2.45) is 0 Å². The van der Waals surface area contributed by atoms with Crippen molar-refractivity contribution in [2.75, 3.05) is 38.2 Å². The van der Waals surface area contributed by atoms with Gasteiger partial charge in [-0.2, -0.15) is 0 Å². The van der Waals surface area contributed by atoms with Crippen molar-refractivity contribution in [1.29, 1.82) is 0 Å². The summed E-state index contributed by atoms with van der Waals surface area (Å²) in [5.74, 6) is 1.61. The number of aromatic nitrogens is 5. The van der Waals surface area contributed by atoms with E-state index in [0.29, 0.717) is 6.54 Å². The van der Waals surface area contributed by atoms with Gasteiger partial charge in [0.25, 0.3) is 0 Å². The van der Waals surface area contributed by atoms with Crippen LogP contribution in [0.15, 0.2) is 66.9 Å². The summed E-state index contributed by atoms with van der Waals surface area (Å²) in [6.45, 7) is 6.15. The first-order chi connectivity index (χ1) is 17.1. The van der Waals surface area contributed by atoms with E-state index >= 15 is 0 Å². The Morgan fingerprint density at radius 3 is 2.51 bits per heavy atom. The molecule has 2 aromatic heterocycles. The summed E-state index contributed by atoms with van der Waals surface area (Å²) in [5, 5.41) is 13.6. The quantitative estimate of drug-likeness (QED) is 0.388. The molecule has 0 aliphatic carbocycles. The van der Waals surface area contributed by atoms with E-state index in [0.717, 1.165) is 54.0 Å². The molecule has 5 rings (SSSR count). The number of anilines is 1. The van der Waals surface area contributed by atoms with Gasteiger partial charge < -0.3 is 9.64 Å². The van der Waals surface area contributed by atoms with E-state index in [1.165, 1.54) is 11.3 Å². The molecule has 180 valence electrons. The fraction of sp³-hybridized carbons (Fsp3) is 0.308. The number of benzene rings is 2. The SMILES string of the molecule is COc1ccc(Cn2nnnc2[C@@H](c2ccccn2)N2CCN(c3cc(Cl)ccc3C)CC2)cc1. The summed E-state index contributed by atoms with van der Waals surface area (Å²) < 4.78 is 7.15. The summed E-state index contributed by atoms with van der Waals surface area (Å²) in [6.07, 6.45) is 1.82. The van der Waals surface area contributed by atoms with Crippen LogP contribution in [0.1, 0.15) is 28.7 Å². The lowest BCUT2D eigenvalue weighted by atomic mass is 10.1. The number of hydrogen-bond donors (Lipinski definition) is 0. The van der Waals surface area contributed by atoms with Gasteiger partial charge in [-0.3, -0.25) is 9.88 Å². The van der Waals surface area contributed by atoms with Crippen molar-refractivity contribution in [1.82, 2.24) is 30.1 Å². The molecule has 0 spiro atoms. The Bertz CT molecular complexity index is 1250. The molecule has 1 fully saturated rings. The van der Waals surface area contributed by atoms with Crippen molar-refractivity contribution < 1.29 is 4.74 Å². The van der Waals surface area contributed by atoms with Crippen LogP contribution in [0, 0.1) is 6.92 Å². The van der Waals surface area contributed by atoms with Crippen LogP contribution in [-0.4, -0.2) is 63.4 Å². The number of halogens is 1. The molecule has 0 radical (unpaired) electrons. The first-order valence-corrected chi connectivity index (χ1v) is 12.1. The van der Waals surface area contributed by atoms with Crippen molar-refractivity contribution in [2.45, 2.75) is 19.5 Å². The van der Waals surface area contributed by atoms with Crippen LogP contribution in [0.5, 0.6) is 5.75 Å². The fourth-order valence-electron chi connectivity index (χ4n) is 4.59. The summed E-state index contributed by atoms with van der Waals surface area (Å²) in [7, 11) is 1.67. The van der Waals surface area contributed by atoms with Crippen LogP contribution in [0.4, 0.5) is 5.69 Å². The Hall–Kier alpha value is -3.49. The average Bonchev–Trinajstić information content (AvgIpc) is 3.35. The highest BCUT2D eigenvalue weighted by atomic mass is 35.5. The van der Waals surface area contributed by atoms with E-state index in [1.807, 2.05) is 59.4 Å². The Morgan fingerprint density at radius 2 is 1.80 bits per heavy atom. The molecule has 0 N–H and O–H groups in total. The van der Waals surface area contributed by atoms with Gasteiger partial charge >= 0.3 is 0 Å². The summed E-state index contributed by atoms with van der Waals surface area (Å²) in [4.78, 5) is 9.49. The predicted octanol–water partition coefficient (Wildman–Crippen LogP) is 4.00. The molecule has 1 atom stereocenters. The number of hydrogen-bond acceptors (Lipinski definition) is 7. The first kappa shape index (κ1) is 23.3. The highest BCUT2D eigenvalue weighted by Crippen LogP contribution is 2.30. The van der Waals surface area contributed by atoms with E-state index in [9.17, 15) is 0 Å². The Balaban J connectivity index is 1.40. The van der Waals surface area contributed by atoms with Crippen LogP contribution in [0.2, 0.25) is 5.02 Å². The predicted molar refractivity (Wildman–Crippen MR) is 136 cm³/mol. The maximum atomic E-state index is 6.29. The zero-order valence-corrected chi connectivity index (χ0v) is 20.6. The molecule has 4 aromatic rings. The molecule has 9 heteroatoms. The Kier molecular flexibility index (Phi) is 6.92. The van der Waals surface area contributed by atoms with Gasteiger partial charge in [-0.15, -0.1) is 5.10 Å². The van der Waals surface area contributed by atoms with Crippen LogP contribution in [0.25, 0.3) is 0 Å². The fourth-order valence-corrected chi connectivity index (χ4v) is 4.75. The number of aryl methyl sites for hydroxylation is 1. The molecular formula is C26H28ClN7O. The van der Waals surface area contributed by atoms with Crippen molar-refractivity contribution in [3.05, 3.63) is 94.5 Å². The maximum Gasteiger partial charge on any atom is 0.174 e. The molecule has 1 saturated heterocycles. The Labute approximate surface area is 210 Å². The summed E-state index contributed by atoms with van der Waals surface area (Å²) in [5.41, 5.74) is 4.45. The highest BCUT2D eigenvalue weighted by molar-refractivity contribution is 6.30. The number of methoxy groups -OCH3 is 1. The summed E-state index contributed by atoms with van der Waals surface area (Å²) in [6, 6.07) is 19.9. The normalized spacial score (nSPS) is 15.2.